The van der Waals surface area contributed by atoms with Gasteiger partial charge < -0.3 is 10.1 Å². The van der Waals surface area contributed by atoms with Crippen LogP contribution in [0.4, 0.5) is 4.79 Å². The molecule has 0 aromatic heterocycles. The summed E-state index contributed by atoms with van der Waals surface area (Å²) < 4.78 is 5.35. The van der Waals surface area contributed by atoms with E-state index >= 15 is 0 Å². The molecule has 1 aromatic carbocycles. The summed E-state index contributed by atoms with van der Waals surface area (Å²) in [5.41, 5.74) is 0. The number of imide groups is 1. The van der Waals surface area contributed by atoms with Crippen molar-refractivity contribution >= 4 is 46.7 Å². The van der Waals surface area contributed by atoms with E-state index < -0.39 is 18.0 Å². The van der Waals surface area contributed by atoms with Gasteiger partial charge >= 0.3 is 6.03 Å². The number of halogens is 3. The fraction of sp³-hybridized carbons (Fsp3) is 0.333. The highest BCUT2D eigenvalue weighted by Crippen LogP contribution is 2.34. The lowest BCUT2D eigenvalue weighted by atomic mass is 10.3. The zero-order chi connectivity index (χ0) is 15.3. The van der Waals surface area contributed by atoms with Crippen LogP contribution >= 0.6 is 34.8 Å². The molecule has 0 saturated carbocycles. The highest BCUT2D eigenvalue weighted by atomic mass is 35.5. The number of hydrogen-bond donors (Lipinski definition) is 2. The maximum atomic E-state index is 11.7. The van der Waals surface area contributed by atoms with E-state index in [0.29, 0.717) is 6.54 Å². The van der Waals surface area contributed by atoms with Crippen molar-refractivity contribution in [2.45, 2.75) is 20.0 Å². The van der Waals surface area contributed by atoms with E-state index in [1.807, 2.05) is 0 Å². The Balaban J connectivity index is 2.71. The van der Waals surface area contributed by atoms with Crippen molar-refractivity contribution in [3.63, 3.8) is 0 Å². The first-order valence-electron chi connectivity index (χ1n) is 5.75. The van der Waals surface area contributed by atoms with Gasteiger partial charge in [-0.05, 0) is 19.9 Å². The Kier molecular flexibility index (Phi) is 6.39. The molecule has 1 rings (SSSR count). The maximum absolute atomic E-state index is 11.7. The minimum Gasteiger partial charge on any atom is -0.479 e. The topological polar surface area (TPSA) is 67.4 Å². The van der Waals surface area contributed by atoms with Crippen molar-refractivity contribution < 1.29 is 14.3 Å². The van der Waals surface area contributed by atoms with Gasteiger partial charge in [0.1, 0.15) is 5.75 Å². The van der Waals surface area contributed by atoms with Crippen LogP contribution in [-0.2, 0) is 4.79 Å². The molecule has 0 heterocycles. The van der Waals surface area contributed by atoms with E-state index in [1.165, 1.54) is 19.1 Å². The molecule has 1 atom stereocenters. The Hall–Kier alpha value is -1.17. The Morgan fingerprint density at radius 1 is 1.20 bits per heavy atom. The Morgan fingerprint density at radius 2 is 1.80 bits per heavy atom. The summed E-state index contributed by atoms with van der Waals surface area (Å²) in [7, 11) is 0. The molecule has 2 N–H and O–H groups in total. The summed E-state index contributed by atoms with van der Waals surface area (Å²) in [6.07, 6.45) is -0.924. The minimum absolute atomic E-state index is 0.208. The van der Waals surface area contributed by atoms with E-state index in [4.69, 9.17) is 39.5 Å². The number of amides is 3. The molecular weight excluding hydrogens is 327 g/mol. The molecule has 1 aromatic rings. The van der Waals surface area contributed by atoms with Crippen LogP contribution < -0.4 is 15.4 Å². The number of carbonyl (C=O) groups excluding carboxylic acids is 2. The minimum atomic E-state index is -0.924. The van der Waals surface area contributed by atoms with Gasteiger partial charge in [0.25, 0.3) is 5.91 Å². The Morgan fingerprint density at radius 3 is 2.40 bits per heavy atom. The van der Waals surface area contributed by atoms with Crippen LogP contribution in [-0.4, -0.2) is 24.6 Å². The molecule has 0 bridgehead atoms. The van der Waals surface area contributed by atoms with E-state index in [0.717, 1.165) is 0 Å². The van der Waals surface area contributed by atoms with Crippen molar-refractivity contribution in [1.82, 2.24) is 10.6 Å². The second-order valence-electron chi connectivity index (χ2n) is 3.81. The monoisotopic (exact) mass is 338 g/mol. The smallest absolute Gasteiger partial charge is 0.321 e. The van der Waals surface area contributed by atoms with Crippen LogP contribution in [0.5, 0.6) is 5.75 Å². The van der Waals surface area contributed by atoms with Gasteiger partial charge in [0, 0.05) is 12.6 Å². The summed E-state index contributed by atoms with van der Waals surface area (Å²) in [6.45, 7) is 3.62. The molecule has 0 fully saturated rings. The lowest BCUT2D eigenvalue weighted by Crippen LogP contribution is -2.45. The average Bonchev–Trinajstić information content (AvgIpc) is 2.35. The molecule has 0 spiro atoms. The molecule has 0 aliphatic carbocycles. The standard InChI is InChI=1S/C12H13Cl3N2O3/c1-3-16-12(19)17-11(18)6(2)20-10-5-8(14)7(13)4-9(10)15/h4-6H,3H2,1-2H3,(H2,16,17,18,19)/t6-/m1/s1. The third-order valence-corrected chi connectivity index (χ3v) is 3.24. The van der Waals surface area contributed by atoms with Crippen LogP contribution in [0.1, 0.15) is 13.8 Å². The SMILES string of the molecule is CCNC(=O)NC(=O)[C@@H](C)Oc1cc(Cl)c(Cl)cc1Cl. The maximum Gasteiger partial charge on any atom is 0.321 e. The first kappa shape index (κ1) is 16.9. The van der Waals surface area contributed by atoms with Gasteiger partial charge in [-0.25, -0.2) is 4.79 Å². The molecular formula is C12H13Cl3N2O3. The van der Waals surface area contributed by atoms with Crippen molar-refractivity contribution in [3.8, 4) is 5.75 Å². The van der Waals surface area contributed by atoms with Gasteiger partial charge in [-0.2, -0.15) is 0 Å². The van der Waals surface area contributed by atoms with Crippen molar-refractivity contribution in [2.75, 3.05) is 6.54 Å². The van der Waals surface area contributed by atoms with Crippen LogP contribution in [0.25, 0.3) is 0 Å². The van der Waals surface area contributed by atoms with Crippen molar-refractivity contribution in [3.05, 3.63) is 27.2 Å². The molecule has 5 nitrogen and oxygen atoms in total. The van der Waals surface area contributed by atoms with Gasteiger partial charge in [-0.15, -0.1) is 0 Å². The molecule has 20 heavy (non-hydrogen) atoms. The zero-order valence-corrected chi connectivity index (χ0v) is 13.1. The van der Waals surface area contributed by atoms with Crippen LogP contribution in [0, 0.1) is 0 Å². The van der Waals surface area contributed by atoms with Crippen molar-refractivity contribution in [1.29, 1.82) is 0 Å². The number of carbonyl (C=O) groups is 2. The van der Waals surface area contributed by atoms with Gasteiger partial charge in [-0.3, -0.25) is 10.1 Å². The predicted octanol–water partition coefficient (Wildman–Crippen LogP) is 3.26. The summed E-state index contributed by atoms with van der Waals surface area (Å²) >= 11 is 17.6. The van der Waals surface area contributed by atoms with Crippen LogP contribution in [0.2, 0.25) is 15.1 Å². The third kappa shape index (κ3) is 4.74. The van der Waals surface area contributed by atoms with Crippen LogP contribution in [0.15, 0.2) is 12.1 Å². The van der Waals surface area contributed by atoms with E-state index in [-0.39, 0.29) is 20.8 Å². The van der Waals surface area contributed by atoms with E-state index in [9.17, 15) is 9.59 Å². The third-order valence-electron chi connectivity index (χ3n) is 2.22. The molecule has 0 unspecified atom stereocenters. The lowest BCUT2D eigenvalue weighted by Gasteiger charge is -2.15. The summed E-state index contributed by atoms with van der Waals surface area (Å²) in [6, 6.07) is 2.23. The number of ether oxygens (including phenoxy) is 1. The molecule has 0 aliphatic rings. The quantitative estimate of drug-likeness (QED) is 0.827. The zero-order valence-electron chi connectivity index (χ0n) is 10.8. The van der Waals surface area contributed by atoms with Gasteiger partial charge in [0.2, 0.25) is 0 Å². The number of rotatable bonds is 4. The Labute approximate surface area is 131 Å². The molecule has 0 radical (unpaired) electrons. The second kappa shape index (κ2) is 7.57. The first-order valence-corrected chi connectivity index (χ1v) is 6.88. The van der Waals surface area contributed by atoms with E-state index in [1.54, 1.807) is 6.92 Å². The number of nitrogens with one attached hydrogen (secondary N) is 2. The van der Waals surface area contributed by atoms with E-state index in [2.05, 4.69) is 10.6 Å². The molecule has 110 valence electrons. The average molecular weight is 340 g/mol. The molecule has 0 aliphatic heterocycles. The highest BCUT2D eigenvalue weighted by molar-refractivity contribution is 6.43. The second-order valence-corrected chi connectivity index (χ2v) is 5.03. The Bertz CT molecular complexity index is 523. The van der Waals surface area contributed by atoms with Crippen molar-refractivity contribution in [2.24, 2.45) is 0 Å². The molecule has 8 heteroatoms. The first-order chi connectivity index (χ1) is 9.35. The summed E-state index contributed by atoms with van der Waals surface area (Å²) in [4.78, 5) is 22.9. The predicted molar refractivity (Wildman–Crippen MR) is 78.8 cm³/mol. The largest absolute Gasteiger partial charge is 0.479 e. The van der Waals surface area contributed by atoms with Gasteiger partial charge in [-0.1, -0.05) is 34.8 Å². The van der Waals surface area contributed by atoms with Gasteiger partial charge in [0.15, 0.2) is 6.10 Å². The number of urea groups is 1. The molecule has 0 saturated heterocycles. The number of benzene rings is 1. The highest BCUT2D eigenvalue weighted by Gasteiger charge is 2.19. The fourth-order valence-corrected chi connectivity index (χ4v) is 1.84. The van der Waals surface area contributed by atoms with Gasteiger partial charge in [0.05, 0.1) is 15.1 Å². The summed E-state index contributed by atoms with van der Waals surface area (Å²) in [5, 5.41) is 5.31. The van der Waals surface area contributed by atoms with Crippen LogP contribution in [0.3, 0.4) is 0 Å². The fourth-order valence-electron chi connectivity index (χ4n) is 1.26. The molecule has 3 amide bonds. The summed E-state index contributed by atoms with van der Waals surface area (Å²) in [5.74, 6) is -0.391. The normalized spacial score (nSPS) is 11.7. The number of hydrogen-bond acceptors (Lipinski definition) is 3. The lowest BCUT2D eigenvalue weighted by molar-refractivity contribution is -0.126.